The molecule has 0 radical (unpaired) electrons. The van der Waals surface area contributed by atoms with Crippen molar-refractivity contribution in [2.45, 2.75) is 6.54 Å². The van der Waals surface area contributed by atoms with Gasteiger partial charge in [-0.25, -0.2) is 0 Å². The van der Waals surface area contributed by atoms with Gasteiger partial charge in [-0.15, -0.1) is 0 Å². The quantitative estimate of drug-likeness (QED) is 0.630. The van der Waals surface area contributed by atoms with Gasteiger partial charge in [-0.2, -0.15) is 5.10 Å². The molecule has 0 saturated carbocycles. The molecule has 0 N–H and O–H groups in total. The molecule has 0 bridgehead atoms. The molecule has 1 saturated heterocycles. The van der Waals surface area contributed by atoms with E-state index >= 15 is 0 Å². The van der Waals surface area contributed by atoms with Crippen molar-refractivity contribution < 1.29 is 13.9 Å². The molecule has 1 aromatic carbocycles. The number of carbonyl (C=O) groups excluding carboxylic acids is 1. The fourth-order valence-corrected chi connectivity index (χ4v) is 3.27. The number of aromatic nitrogens is 2. The van der Waals surface area contributed by atoms with E-state index in [2.05, 4.69) is 10.00 Å². The molecule has 7 nitrogen and oxygen atoms in total. The number of amides is 1. The van der Waals surface area contributed by atoms with Crippen molar-refractivity contribution in [3.8, 4) is 5.75 Å². The highest BCUT2D eigenvalue weighted by Crippen LogP contribution is 2.14. The monoisotopic (exact) mass is 380 g/mol. The van der Waals surface area contributed by atoms with Crippen molar-refractivity contribution >= 4 is 5.91 Å². The van der Waals surface area contributed by atoms with Gasteiger partial charge >= 0.3 is 0 Å². The van der Waals surface area contributed by atoms with Gasteiger partial charge in [0.05, 0.1) is 6.54 Å². The Kier molecular flexibility index (Phi) is 5.72. The largest absolute Gasteiger partial charge is 0.492 e. The van der Waals surface area contributed by atoms with Crippen LogP contribution < -0.4 is 4.74 Å². The Morgan fingerprint density at radius 3 is 2.61 bits per heavy atom. The van der Waals surface area contributed by atoms with Gasteiger partial charge in [-0.3, -0.25) is 14.4 Å². The first kappa shape index (κ1) is 18.3. The minimum atomic E-state index is -0.0492. The summed E-state index contributed by atoms with van der Waals surface area (Å²) in [4.78, 5) is 16.9. The molecule has 28 heavy (non-hydrogen) atoms. The van der Waals surface area contributed by atoms with Gasteiger partial charge in [-0.05, 0) is 30.3 Å². The summed E-state index contributed by atoms with van der Waals surface area (Å²) < 4.78 is 13.2. The number of nitrogens with zero attached hydrogens (tertiary/aromatic N) is 4. The fourth-order valence-electron chi connectivity index (χ4n) is 3.27. The van der Waals surface area contributed by atoms with Gasteiger partial charge in [-0.1, -0.05) is 18.2 Å². The van der Waals surface area contributed by atoms with Gasteiger partial charge in [0.2, 0.25) is 0 Å². The van der Waals surface area contributed by atoms with Crippen molar-refractivity contribution in [2.24, 2.45) is 0 Å². The van der Waals surface area contributed by atoms with Crippen LogP contribution in [0, 0.1) is 0 Å². The summed E-state index contributed by atoms with van der Waals surface area (Å²) in [6.45, 7) is 5.09. The molecule has 0 spiro atoms. The number of piperazine rings is 1. The highest BCUT2D eigenvalue weighted by atomic mass is 16.5. The molecule has 1 aliphatic rings. The third-order valence-electron chi connectivity index (χ3n) is 4.83. The lowest BCUT2D eigenvalue weighted by Gasteiger charge is -2.34. The third-order valence-corrected chi connectivity index (χ3v) is 4.83. The van der Waals surface area contributed by atoms with Crippen molar-refractivity contribution in [3.05, 3.63) is 72.4 Å². The van der Waals surface area contributed by atoms with Crippen molar-refractivity contribution in [1.82, 2.24) is 19.6 Å². The van der Waals surface area contributed by atoms with E-state index in [1.165, 1.54) is 0 Å². The zero-order valence-corrected chi connectivity index (χ0v) is 15.7. The van der Waals surface area contributed by atoms with Gasteiger partial charge in [0.25, 0.3) is 5.91 Å². The Morgan fingerprint density at radius 2 is 1.86 bits per heavy atom. The van der Waals surface area contributed by atoms with Crippen LogP contribution in [0.3, 0.4) is 0 Å². The van der Waals surface area contributed by atoms with E-state index in [1.807, 2.05) is 53.6 Å². The smallest absolute Gasteiger partial charge is 0.289 e. The Bertz CT molecular complexity index is 868. The minimum Gasteiger partial charge on any atom is -0.492 e. The summed E-state index contributed by atoms with van der Waals surface area (Å²) in [7, 11) is 0. The van der Waals surface area contributed by atoms with Crippen LogP contribution in [0.1, 0.15) is 16.3 Å². The average Bonchev–Trinajstić information content (AvgIpc) is 3.41. The molecule has 1 aliphatic heterocycles. The highest BCUT2D eigenvalue weighted by molar-refractivity contribution is 5.91. The van der Waals surface area contributed by atoms with E-state index in [0.29, 0.717) is 32.0 Å². The summed E-state index contributed by atoms with van der Waals surface area (Å²) in [6, 6.07) is 15.3. The Hall–Kier alpha value is -3.06. The van der Waals surface area contributed by atoms with Crippen molar-refractivity contribution in [2.75, 3.05) is 39.3 Å². The van der Waals surface area contributed by atoms with E-state index in [0.717, 1.165) is 31.1 Å². The zero-order chi connectivity index (χ0) is 19.2. The first-order chi connectivity index (χ1) is 13.8. The molecular formula is C21H24N4O3. The van der Waals surface area contributed by atoms with E-state index in [4.69, 9.17) is 9.15 Å². The molecule has 146 valence electrons. The van der Waals surface area contributed by atoms with Gasteiger partial charge in [0.1, 0.15) is 18.1 Å². The Labute approximate surface area is 164 Å². The maximum Gasteiger partial charge on any atom is 0.289 e. The lowest BCUT2D eigenvalue weighted by molar-refractivity contribution is 0.0588. The average molecular weight is 380 g/mol. The number of rotatable bonds is 7. The van der Waals surface area contributed by atoms with E-state index in [9.17, 15) is 4.79 Å². The van der Waals surface area contributed by atoms with Gasteiger partial charge < -0.3 is 14.1 Å². The lowest BCUT2D eigenvalue weighted by atomic mass is 10.3. The van der Waals surface area contributed by atoms with Crippen LogP contribution in [-0.2, 0) is 6.54 Å². The second kappa shape index (κ2) is 8.75. The van der Waals surface area contributed by atoms with E-state index in [1.54, 1.807) is 16.9 Å². The number of carbonyl (C=O) groups is 1. The SMILES string of the molecule is O=C(c1ccc(Cn2cccn2)o1)N1CCN(CCOc2ccccc2)CC1. The molecular weight excluding hydrogens is 356 g/mol. The first-order valence-corrected chi connectivity index (χ1v) is 9.53. The van der Waals surface area contributed by atoms with E-state index < -0.39 is 0 Å². The van der Waals surface area contributed by atoms with E-state index in [-0.39, 0.29) is 5.91 Å². The molecule has 4 rings (SSSR count). The molecule has 0 unspecified atom stereocenters. The summed E-state index contributed by atoms with van der Waals surface area (Å²) in [5, 5.41) is 4.15. The number of ether oxygens (including phenoxy) is 1. The normalized spacial score (nSPS) is 14.9. The lowest BCUT2D eigenvalue weighted by Crippen LogP contribution is -2.49. The second-order valence-electron chi connectivity index (χ2n) is 6.76. The van der Waals surface area contributed by atoms with Crippen molar-refractivity contribution in [1.29, 1.82) is 0 Å². The molecule has 2 aromatic heterocycles. The number of benzene rings is 1. The molecule has 3 heterocycles. The highest BCUT2D eigenvalue weighted by Gasteiger charge is 2.24. The van der Waals surface area contributed by atoms with Gasteiger partial charge in [0, 0.05) is 45.1 Å². The predicted molar refractivity (Wildman–Crippen MR) is 104 cm³/mol. The van der Waals surface area contributed by atoms with Crippen LogP contribution in [0.4, 0.5) is 0 Å². The molecule has 0 aliphatic carbocycles. The van der Waals surface area contributed by atoms with Crippen LogP contribution in [0.2, 0.25) is 0 Å². The summed E-state index contributed by atoms with van der Waals surface area (Å²) in [5.74, 6) is 1.96. The predicted octanol–water partition coefficient (Wildman–Crippen LogP) is 2.36. The number of para-hydroxylation sites is 1. The Morgan fingerprint density at radius 1 is 1.04 bits per heavy atom. The minimum absolute atomic E-state index is 0.0492. The maximum absolute atomic E-state index is 12.7. The molecule has 3 aromatic rings. The molecule has 7 heteroatoms. The summed E-state index contributed by atoms with van der Waals surface area (Å²) in [6.07, 6.45) is 3.59. The topological polar surface area (TPSA) is 63.7 Å². The van der Waals surface area contributed by atoms with Gasteiger partial charge in [0.15, 0.2) is 5.76 Å². The standard InChI is InChI=1S/C21H24N4O3/c26-21(20-8-7-19(28-20)17-25-10-4-9-22-25)24-13-11-23(12-14-24)15-16-27-18-5-2-1-3-6-18/h1-10H,11-17H2. The molecule has 1 fully saturated rings. The Balaban J connectivity index is 1.22. The molecule has 0 atom stereocenters. The first-order valence-electron chi connectivity index (χ1n) is 9.53. The number of hydrogen-bond donors (Lipinski definition) is 0. The third kappa shape index (κ3) is 4.61. The van der Waals surface area contributed by atoms with Crippen LogP contribution in [0.5, 0.6) is 5.75 Å². The second-order valence-corrected chi connectivity index (χ2v) is 6.76. The number of hydrogen-bond acceptors (Lipinski definition) is 5. The van der Waals surface area contributed by atoms with Crippen LogP contribution in [-0.4, -0.2) is 64.8 Å². The maximum atomic E-state index is 12.7. The number of furan rings is 1. The molecule has 1 amide bonds. The fraction of sp³-hybridized carbons (Fsp3) is 0.333. The van der Waals surface area contributed by atoms with Crippen LogP contribution in [0.15, 0.2) is 65.3 Å². The van der Waals surface area contributed by atoms with Crippen LogP contribution in [0.25, 0.3) is 0 Å². The summed E-state index contributed by atoms with van der Waals surface area (Å²) >= 11 is 0. The van der Waals surface area contributed by atoms with Crippen molar-refractivity contribution in [3.63, 3.8) is 0 Å². The zero-order valence-electron chi connectivity index (χ0n) is 15.7. The van der Waals surface area contributed by atoms with Crippen LogP contribution >= 0.6 is 0 Å². The summed E-state index contributed by atoms with van der Waals surface area (Å²) in [5.41, 5.74) is 0.